The summed E-state index contributed by atoms with van der Waals surface area (Å²) in [6.07, 6.45) is 1.77. The lowest BCUT2D eigenvalue weighted by Gasteiger charge is -2.30. The van der Waals surface area contributed by atoms with Crippen molar-refractivity contribution in [1.29, 1.82) is 0 Å². The molecule has 0 aliphatic carbocycles. The molecule has 8 nitrogen and oxygen atoms in total. The molecule has 0 radical (unpaired) electrons. The number of sulfone groups is 1. The zero-order chi connectivity index (χ0) is 19.4. The first-order valence-corrected chi connectivity index (χ1v) is 10.6. The topological polar surface area (TPSA) is 103 Å². The van der Waals surface area contributed by atoms with E-state index in [-0.39, 0.29) is 5.89 Å². The largest absolute Gasteiger partial charge is 0.494 e. The predicted molar refractivity (Wildman–Crippen MR) is 97.9 cm³/mol. The molecule has 1 saturated heterocycles. The third-order valence-corrected chi connectivity index (χ3v) is 5.86. The molecule has 0 saturated carbocycles. The second kappa shape index (κ2) is 8.08. The molecule has 146 valence electrons. The zero-order valence-electron chi connectivity index (χ0n) is 15.4. The highest BCUT2D eigenvalue weighted by Gasteiger charge is 2.30. The van der Waals surface area contributed by atoms with Gasteiger partial charge >= 0.3 is 5.22 Å². The molecular formula is C18H23N3O5S. The summed E-state index contributed by atoms with van der Waals surface area (Å²) in [4.78, 5) is 13.9. The monoisotopic (exact) mass is 393 g/mol. The van der Waals surface area contributed by atoms with Crippen molar-refractivity contribution in [2.45, 2.75) is 31.9 Å². The highest BCUT2D eigenvalue weighted by atomic mass is 32.2. The first-order valence-electron chi connectivity index (χ1n) is 8.96. The summed E-state index contributed by atoms with van der Waals surface area (Å²) in [5.74, 6) is 0.235. The van der Waals surface area contributed by atoms with E-state index >= 15 is 0 Å². The number of ether oxygens (including phenoxy) is 1. The van der Waals surface area contributed by atoms with E-state index in [9.17, 15) is 13.2 Å². The second-order valence-corrected chi connectivity index (χ2v) is 8.52. The molecule has 0 bridgehead atoms. The maximum Gasteiger partial charge on any atom is 0.336 e. The summed E-state index contributed by atoms with van der Waals surface area (Å²) >= 11 is 0. The second-order valence-electron chi connectivity index (χ2n) is 6.65. The Balaban J connectivity index is 1.69. The zero-order valence-corrected chi connectivity index (χ0v) is 16.2. The van der Waals surface area contributed by atoms with Crippen LogP contribution in [0.3, 0.4) is 0 Å². The molecule has 2 aromatic rings. The van der Waals surface area contributed by atoms with Crippen LogP contribution in [0.15, 0.2) is 33.9 Å². The Morgan fingerprint density at radius 2 is 1.89 bits per heavy atom. The van der Waals surface area contributed by atoms with Crippen LogP contribution < -0.4 is 4.74 Å². The van der Waals surface area contributed by atoms with Crippen molar-refractivity contribution in [3.8, 4) is 17.2 Å². The first kappa shape index (κ1) is 19.3. The van der Waals surface area contributed by atoms with Gasteiger partial charge in [-0.05, 0) is 49.9 Å². The van der Waals surface area contributed by atoms with Gasteiger partial charge in [-0.15, -0.1) is 5.10 Å². The van der Waals surface area contributed by atoms with Gasteiger partial charge in [0, 0.05) is 18.7 Å². The molecule has 0 spiro atoms. The van der Waals surface area contributed by atoms with E-state index in [1.54, 1.807) is 29.2 Å². The van der Waals surface area contributed by atoms with Crippen molar-refractivity contribution in [3.05, 3.63) is 24.3 Å². The van der Waals surface area contributed by atoms with Crippen molar-refractivity contribution < 1.29 is 22.4 Å². The highest BCUT2D eigenvalue weighted by Crippen LogP contribution is 2.23. The van der Waals surface area contributed by atoms with Gasteiger partial charge in [0.05, 0.1) is 6.61 Å². The van der Waals surface area contributed by atoms with Gasteiger partial charge < -0.3 is 14.1 Å². The number of amides is 1. The molecule has 1 amide bonds. The van der Waals surface area contributed by atoms with E-state index in [1.807, 2.05) is 6.92 Å². The SMILES string of the molecule is CCOc1ccc(-c2nnc(S(=O)(=O)CC(=O)N3CCC(C)CC3)o2)cc1. The molecule has 0 N–H and O–H groups in total. The standard InChI is InChI=1S/C18H23N3O5S/c1-3-25-15-6-4-14(5-7-15)17-19-20-18(26-17)27(23,24)12-16(22)21-10-8-13(2)9-11-21/h4-7,13H,3,8-12H2,1-2H3. The molecule has 1 aromatic carbocycles. The van der Waals surface area contributed by atoms with Gasteiger partial charge in [0.2, 0.25) is 21.6 Å². The molecule has 9 heteroatoms. The summed E-state index contributed by atoms with van der Waals surface area (Å²) < 4.78 is 35.6. The number of carbonyl (C=O) groups is 1. The third kappa shape index (κ3) is 4.65. The number of hydrogen-bond acceptors (Lipinski definition) is 7. The number of benzene rings is 1. The van der Waals surface area contributed by atoms with Crippen LogP contribution in [0.5, 0.6) is 5.75 Å². The molecule has 1 aromatic heterocycles. The molecule has 2 heterocycles. The number of carbonyl (C=O) groups excluding carboxylic acids is 1. The normalized spacial score (nSPS) is 15.7. The van der Waals surface area contributed by atoms with E-state index in [2.05, 4.69) is 17.1 Å². The van der Waals surface area contributed by atoms with Gasteiger partial charge in [-0.3, -0.25) is 4.79 Å². The number of piperidine rings is 1. The number of rotatable bonds is 6. The summed E-state index contributed by atoms with van der Waals surface area (Å²) in [7, 11) is -3.98. The van der Waals surface area contributed by atoms with Crippen LogP contribution in [0.1, 0.15) is 26.7 Å². The molecule has 1 aliphatic rings. The fourth-order valence-corrected chi connectivity index (χ4v) is 3.89. The van der Waals surface area contributed by atoms with Gasteiger partial charge in [0.15, 0.2) is 0 Å². The van der Waals surface area contributed by atoms with Gasteiger partial charge in [-0.25, -0.2) is 8.42 Å². The third-order valence-electron chi connectivity index (χ3n) is 4.53. The van der Waals surface area contributed by atoms with E-state index in [0.29, 0.717) is 36.9 Å². The van der Waals surface area contributed by atoms with Gasteiger partial charge in [-0.1, -0.05) is 12.0 Å². The van der Waals surface area contributed by atoms with Crippen LogP contribution in [0.4, 0.5) is 0 Å². The number of aromatic nitrogens is 2. The average Bonchev–Trinajstić information content (AvgIpc) is 3.14. The van der Waals surface area contributed by atoms with E-state index < -0.39 is 26.7 Å². The van der Waals surface area contributed by atoms with Crippen molar-refractivity contribution in [3.63, 3.8) is 0 Å². The number of hydrogen-bond donors (Lipinski definition) is 0. The Morgan fingerprint density at radius 1 is 1.22 bits per heavy atom. The molecule has 0 unspecified atom stereocenters. The maximum absolute atomic E-state index is 12.5. The number of nitrogens with zero attached hydrogens (tertiary/aromatic N) is 3. The van der Waals surface area contributed by atoms with Crippen molar-refractivity contribution in [2.75, 3.05) is 25.4 Å². The van der Waals surface area contributed by atoms with Crippen LogP contribution in [-0.2, 0) is 14.6 Å². The number of likely N-dealkylation sites (tertiary alicyclic amines) is 1. The predicted octanol–water partition coefficient (Wildman–Crippen LogP) is 2.17. The van der Waals surface area contributed by atoms with E-state index in [4.69, 9.17) is 9.15 Å². The lowest BCUT2D eigenvalue weighted by Crippen LogP contribution is -2.41. The Bertz CT molecular complexity index is 884. The minimum Gasteiger partial charge on any atom is -0.494 e. The van der Waals surface area contributed by atoms with Crippen LogP contribution >= 0.6 is 0 Å². The first-order chi connectivity index (χ1) is 12.9. The van der Waals surface area contributed by atoms with Crippen LogP contribution in [0.25, 0.3) is 11.5 Å². The van der Waals surface area contributed by atoms with Crippen molar-refractivity contribution in [2.24, 2.45) is 5.92 Å². The van der Waals surface area contributed by atoms with Gasteiger partial charge in [-0.2, -0.15) is 0 Å². The lowest BCUT2D eigenvalue weighted by molar-refractivity contribution is -0.129. The molecule has 27 heavy (non-hydrogen) atoms. The minimum absolute atomic E-state index is 0.0795. The lowest BCUT2D eigenvalue weighted by atomic mass is 9.99. The van der Waals surface area contributed by atoms with Crippen LogP contribution in [-0.4, -0.2) is 54.9 Å². The van der Waals surface area contributed by atoms with Gasteiger partial charge in [0.1, 0.15) is 11.5 Å². The minimum atomic E-state index is -3.98. The smallest absolute Gasteiger partial charge is 0.336 e. The molecule has 0 atom stereocenters. The fraction of sp³-hybridized carbons (Fsp3) is 0.500. The summed E-state index contributed by atoms with van der Waals surface area (Å²) in [6.45, 7) is 5.72. The Hall–Kier alpha value is -2.42. The van der Waals surface area contributed by atoms with Gasteiger partial charge in [0.25, 0.3) is 0 Å². The summed E-state index contributed by atoms with van der Waals surface area (Å²) in [5, 5.41) is 6.89. The Labute approximate surface area is 158 Å². The van der Waals surface area contributed by atoms with E-state index in [0.717, 1.165) is 12.8 Å². The maximum atomic E-state index is 12.5. The fourth-order valence-electron chi connectivity index (χ4n) is 2.89. The van der Waals surface area contributed by atoms with E-state index in [1.165, 1.54) is 0 Å². The summed E-state index contributed by atoms with van der Waals surface area (Å²) in [5.41, 5.74) is 0.573. The Kier molecular flexibility index (Phi) is 5.79. The van der Waals surface area contributed by atoms with Crippen molar-refractivity contribution in [1.82, 2.24) is 15.1 Å². The van der Waals surface area contributed by atoms with Crippen molar-refractivity contribution >= 4 is 15.7 Å². The van der Waals surface area contributed by atoms with Crippen LogP contribution in [0.2, 0.25) is 0 Å². The molecular weight excluding hydrogens is 370 g/mol. The molecule has 1 aliphatic heterocycles. The molecule has 3 rings (SSSR count). The summed E-state index contributed by atoms with van der Waals surface area (Å²) in [6, 6.07) is 6.88. The quantitative estimate of drug-likeness (QED) is 0.741. The average molecular weight is 393 g/mol. The molecule has 1 fully saturated rings. The Morgan fingerprint density at radius 3 is 2.52 bits per heavy atom. The highest BCUT2D eigenvalue weighted by molar-refractivity contribution is 7.91. The van der Waals surface area contributed by atoms with Crippen LogP contribution in [0, 0.1) is 5.92 Å².